The van der Waals surface area contributed by atoms with Crippen LogP contribution in [0.1, 0.15) is 10.4 Å². The number of ether oxygens (including phenoxy) is 2. The van der Waals surface area contributed by atoms with Crippen LogP contribution in [0.15, 0.2) is 42.5 Å². The molecule has 0 unspecified atom stereocenters. The number of rotatable bonds is 3. The number of aromatic hydroxyl groups is 2. The molecule has 0 radical (unpaired) electrons. The zero-order chi connectivity index (χ0) is 13.8. The van der Waals surface area contributed by atoms with Crippen LogP contribution in [0.5, 0.6) is 23.0 Å². The Bertz CT molecular complexity index is 589. The highest BCUT2D eigenvalue weighted by Gasteiger charge is 2.11. The van der Waals surface area contributed by atoms with Gasteiger partial charge >= 0.3 is 5.97 Å². The van der Waals surface area contributed by atoms with E-state index in [0.29, 0.717) is 11.5 Å². The molecular weight excluding hydrogens is 248 g/mol. The van der Waals surface area contributed by atoms with Crippen molar-refractivity contribution in [3.8, 4) is 23.0 Å². The van der Waals surface area contributed by atoms with E-state index in [9.17, 15) is 9.90 Å². The first-order valence-electron chi connectivity index (χ1n) is 5.48. The second kappa shape index (κ2) is 5.30. The minimum atomic E-state index is -0.625. The van der Waals surface area contributed by atoms with Crippen molar-refractivity contribution in [2.24, 2.45) is 0 Å². The minimum absolute atomic E-state index is 0.145. The van der Waals surface area contributed by atoms with E-state index in [2.05, 4.69) is 0 Å². The highest BCUT2D eigenvalue weighted by atomic mass is 16.5. The van der Waals surface area contributed by atoms with Gasteiger partial charge in [0.1, 0.15) is 11.5 Å². The molecule has 0 amide bonds. The van der Waals surface area contributed by atoms with E-state index in [-0.39, 0.29) is 17.1 Å². The molecule has 2 rings (SSSR count). The smallest absolute Gasteiger partial charge is 0.343 e. The standard InChI is InChI=1S/C14H12O5/c1-18-10-3-5-11(6-4-10)19-14(17)9-2-7-12(15)13(16)8-9/h2-8,15-16H,1H3. The van der Waals surface area contributed by atoms with Crippen molar-refractivity contribution in [1.82, 2.24) is 0 Å². The molecular formula is C14H12O5. The summed E-state index contributed by atoms with van der Waals surface area (Å²) in [4.78, 5) is 11.8. The quantitative estimate of drug-likeness (QED) is 0.503. The van der Waals surface area contributed by atoms with Crippen molar-refractivity contribution in [3.05, 3.63) is 48.0 Å². The molecule has 0 aromatic heterocycles. The molecule has 0 saturated heterocycles. The molecule has 0 aliphatic rings. The number of methoxy groups -OCH3 is 1. The third kappa shape index (κ3) is 2.95. The monoisotopic (exact) mass is 260 g/mol. The lowest BCUT2D eigenvalue weighted by atomic mass is 10.2. The van der Waals surface area contributed by atoms with E-state index in [1.165, 1.54) is 12.1 Å². The summed E-state index contributed by atoms with van der Waals surface area (Å²) in [5, 5.41) is 18.5. The Morgan fingerprint density at radius 1 is 0.947 bits per heavy atom. The second-order valence-corrected chi connectivity index (χ2v) is 3.77. The summed E-state index contributed by atoms with van der Waals surface area (Å²) >= 11 is 0. The SMILES string of the molecule is COc1ccc(OC(=O)c2ccc(O)c(O)c2)cc1. The van der Waals surface area contributed by atoms with Crippen LogP contribution in [-0.2, 0) is 0 Å². The number of hydrogen-bond donors (Lipinski definition) is 2. The lowest BCUT2D eigenvalue weighted by Crippen LogP contribution is -2.08. The van der Waals surface area contributed by atoms with Gasteiger partial charge in [-0.1, -0.05) is 0 Å². The molecule has 98 valence electrons. The normalized spacial score (nSPS) is 9.95. The van der Waals surface area contributed by atoms with Crippen molar-refractivity contribution >= 4 is 5.97 Å². The molecule has 2 aromatic carbocycles. The number of carbonyl (C=O) groups excluding carboxylic acids is 1. The molecule has 0 bridgehead atoms. The molecule has 5 heteroatoms. The molecule has 0 fully saturated rings. The first-order valence-corrected chi connectivity index (χ1v) is 5.48. The zero-order valence-corrected chi connectivity index (χ0v) is 10.2. The predicted octanol–water partition coefficient (Wildman–Crippen LogP) is 2.33. The number of phenols is 2. The highest BCUT2D eigenvalue weighted by Crippen LogP contribution is 2.25. The van der Waals surface area contributed by atoms with Crippen LogP contribution in [0.4, 0.5) is 0 Å². The average Bonchev–Trinajstić information content (AvgIpc) is 2.42. The van der Waals surface area contributed by atoms with Gasteiger partial charge in [-0.25, -0.2) is 4.79 Å². The van der Waals surface area contributed by atoms with Crippen molar-refractivity contribution in [2.45, 2.75) is 0 Å². The fourth-order valence-electron chi connectivity index (χ4n) is 1.46. The summed E-state index contributed by atoms with van der Waals surface area (Å²) in [7, 11) is 1.54. The number of carbonyl (C=O) groups is 1. The Kier molecular flexibility index (Phi) is 3.56. The van der Waals surface area contributed by atoms with Gasteiger partial charge in [0.2, 0.25) is 0 Å². The Morgan fingerprint density at radius 2 is 1.58 bits per heavy atom. The molecule has 2 N–H and O–H groups in total. The van der Waals surface area contributed by atoms with E-state index in [1.807, 2.05) is 0 Å². The van der Waals surface area contributed by atoms with E-state index >= 15 is 0 Å². The fourth-order valence-corrected chi connectivity index (χ4v) is 1.46. The number of benzene rings is 2. The molecule has 0 saturated carbocycles. The van der Waals surface area contributed by atoms with Gasteiger partial charge in [-0.2, -0.15) is 0 Å². The first-order chi connectivity index (χ1) is 9.10. The van der Waals surface area contributed by atoms with Gasteiger partial charge in [-0.05, 0) is 42.5 Å². The summed E-state index contributed by atoms with van der Waals surface area (Å²) in [6.45, 7) is 0. The third-order valence-electron chi connectivity index (χ3n) is 2.48. The van der Waals surface area contributed by atoms with Crippen LogP contribution in [0.2, 0.25) is 0 Å². The number of hydrogen-bond acceptors (Lipinski definition) is 5. The summed E-state index contributed by atoms with van der Waals surface area (Å²) in [6.07, 6.45) is 0. The third-order valence-corrected chi connectivity index (χ3v) is 2.48. The van der Waals surface area contributed by atoms with E-state index < -0.39 is 5.97 Å². The molecule has 19 heavy (non-hydrogen) atoms. The molecule has 0 atom stereocenters. The zero-order valence-electron chi connectivity index (χ0n) is 10.2. The van der Waals surface area contributed by atoms with E-state index in [4.69, 9.17) is 14.6 Å². The maximum absolute atomic E-state index is 11.8. The highest BCUT2D eigenvalue weighted by molar-refractivity contribution is 5.91. The molecule has 0 aliphatic carbocycles. The maximum atomic E-state index is 11.8. The lowest BCUT2D eigenvalue weighted by molar-refractivity contribution is 0.0734. The summed E-state index contributed by atoms with van der Waals surface area (Å²) < 4.78 is 10.1. The van der Waals surface area contributed by atoms with Crippen LogP contribution < -0.4 is 9.47 Å². The van der Waals surface area contributed by atoms with Gasteiger partial charge in [0, 0.05) is 0 Å². The van der Waals surface area contributed by atoms with Crippen LogP contribution in [-0.4, -0.2) is 23.3 Å². The van der Waals surface area contributed by atoms with E-state index in [1.54, 1.807) is 31.4 Å². The largest absolute Gasteiger partial charge is 0.504 e. The maximum Gasteiger partial charge on any atom is 0.343 e. The Morgan fingerprint density at radius 3 is 2.16 bits per heavy atom. The summed E-state index contributed by atoms with van der Waals surface area (Å²) in [5.74, 6) is -0.272. The molecule has 0 heterocycles. The van der Waals surface area contributed by atoms with Gasteiger partial charge < -0.3 is 19.7 Å². The Hall–Kier alpha value is -2.69. The van der Waals surface area contributed by atoms with Gasteiger partial charge in [0.15, 0.2) is 11.5 Å². The summed E-state index contributed by atoms with van der Waals surface area (Å²) in [5.41, 5.74) is 0.145. The van der Waals surface area contributed by atoms with Gasteiger partial charge in [0.25, 0.3) is 0 Å². The number of esters is 1. The Balaban J connectivity index is 2.13. The summed E-state index contributed by atoms with van der Waals surface area (Å²) in [6, 6.07) is 10.2. The fraction of sp³-hybridized carbons (Fsp3) is 0.0714. The number of phenolic OH excluding ortho intramolecular Hbond substituents is 2. The first kappa shape index (κ1) is 12.8. The van der Waals surface area contributed by atoms with Crippen molar-refractivity contribution < 1.29 is 24.5 Å². The minimum Gasteiger partial charge on any atom is -0.504 e. The van der Waals surface area contributed by atoms with Crippen LogP contribution >= 0.6 is 0 Å². The Labute approximate surface area is 109 Å². The van der Waals surface area contributed by atoms with Crippen LogP contribution in [0.3, 0.4) is 0 Å². The van der Waals surface area contributed by atoms with Gasteiger partial charge in [0.05, 0.1) is 12.7 Å². The van der Waals surface area contributed by atoms with Crippen LogP contribution in [0.25, 0.3) is 0 Å². The van der Waals surface area contributed by atoms with Gasteiger partial charge in [-0.3, -0.25) is 0 Å². The van der Waals surface area contributed by atoms with Crippen molar-refractivity contribution in [3.63, 3.8) is 0 Å². The topological polar surface area (TPSA) is 76.0 Å². The van der Waals surface area contributed by atoms with Gasteiger partial charge in [-0.15, -0.1) is 0 Å². The molecule has 5 nitrogen and oxygen atoms in total. The van der Waals surface area contributed by atoms with Crippen molar-refractivity contribution in [2.75, 3.05) is 7.11 Å². The predicted molar refractivity (Wildman–Crippen MR) is 67.7 cm³/mol. The van der Waals surface area contributed by atoms with Crippen LogP contribution in [0, 0.1) is 0 Å². The molecule has 0 aliphatic heterocycles. The molecule has 2 aromatic rings. The van der Waals surface area contributed by atoms with Crippen molar-refractivity contribution in [1.29, 1.82) is 0 Å². The molecule has 0 spiro atoms. The average molecular weight is 260 g/mol. The van der Waals surface area contributed by atoms with E-state index in [0.717, 1.165) is 6.07 Å². The lowest BCUT2D eigenvalue weighted by Gasteiger charge is -2.06. The second-order valence-electron chi connectivity index (χ2n) is 3.77.